The van der Waals surface area contributed by atoms with E-state index in [2.05, 4.69) is 24.8 Å². The zero-order valence-electron chi connectivity index (χ0n) is 10.9. The Balaban J connectivity index is 2.42. The third kappa shape index (κ3) is 2.26. The summed E-state index contributed by atoms with van der Waals surface area (Å²) in [6, 6.07) is 7.94. The lowest BCUT2D eigenvalue weighted by atomic mass is 9.97. The van der Waals surface area contributed by atoms with Crippen LogP contribution in [0.5, 0.6) is 5.75 Å². The van der Waals surface area contributed by atoms with Gasteiger partial charge in [0, 0.05) is 17.1 Å². The van der Waals surface area contributed by atoms with Crippen LogP contribution in [0.1, 0.15) is 20.3 Å². The van der Waals surface area contributed by atoms with Gasteiger partial charge in [0.1, 0.15) is 5.75 Å². The van der Waals surface area contributed by atoms with E-state index in [-0.39, 0.29) is 11.5 Å². The van der Waals surface area contributed by atoms with E-state index in [0.717, 1.165) is 24.4 Å². The molecule has 0 bridgehead atoms. The summed E-state index contributed by atoms with van der Waals surface area (Å²) in [5.74, 6) is 0.856. The van der Waals surface area contributed by atoms with Crippen molar-refractivity contribution in [2.24, 2.45) is 5.92 Å². The topological polar surface area (TPSA) is 36.3 Å². The lowest BCUT2D eigenvalue weighted by Gasteiger charge is -2.34. The normalized spacial score (nSPS) is 21.7. The third-order valence-electron chi connectivity index (χ3n) is 3.49. The number of nitrogens with zero attached hydrogens (tertiary/aromatic N) is 2. The number of ether oxygens (including phenoxy) is 1. The Morgan fingerprint density at radius 2 is 2.22 bits per heavy atom. The SMILES string of the molecule is COc1ccc(Cl)cc1N1CC(C#N)CC1(C)C. The molecule has 1 aliphatic rings. The van der Waals surface area contributed by atoms with Crippen LogP contribution in [-0.4, -0.2) is 19.2 Å². The minimum atomic E-state index is -0.0572. The molecule has 1 saturated heterocycles. The summed E-state index contributed by atoms with van der Waals surface area (Å²) >= 11 is 6.07. The van der Waals surface area contributed by atoms with Crippen LogP contribution in [0.3, 0.4) is 0 Å². The molecular formula is C14H17ClN2O. The number of anilines is 1. The molecule has 0 amide bonds. The predicted molar refractivity (Wildman–Crippen MR) is 73.1 cm³/mol. The molecule has 1 heterocycles. The first-order valence-electron chi connectivity index (χ1n) is 5.99. The van der Waals surface area contributed by atoms with Crippen LogP contribution < -0.4 is 9.64 Å². The van der Waals surface area contributed by atoms with Crippen LogP contribution in [0.25, 0.3) is 0 Å². The summed E-state index contributed by atoms with van der Waals surface area (Å²) < 4.78 is 5.39. The zero-order valence-corrected chi connectivity index (χ0v) is 11.7. The van der Waals surface area contributed by atoms with E-state index in [1.54, 1.807) is 7.11 Å². The molecule has 0 radical (unpaired) electrons. The number of nitriles is 1. The van der Waals surface area contributed by atoms with Crippen molar-refractivity contribution in [1.82, 2.24) is 0 Å². The maximum atomic E-state index is 9.11. The zero-order chi connectivity index (χ0) is 13.3. The maximum Gasteiger partial charge on any atom is 0.142 e. The minimum absolute atomic E-state index is 0.0572. The standard InChI is InChI=1S/C14H17ClN2O/c1-14(2)7-10(8-16)9-17(14)12-6-11(15)4-5-13(12)18-3/h4-6,10H,7,9H2,1-3H3. The summed E-state index contributed by atoms with van der Waals surface area (Å²) in [6.45, 7) is 5.01. The molecule has 1 aliphatic heterocycles. The third-order valence-corrected chi connectivity index (χ3v) is 3.73. The van der Waals surface area contributed by atoms with Crippen molar-refractivity contribution >= 4 is 17.3 Å². The van der Waals surface area contributed by atoms with Crippen molar-refractivity contribution in [3.63, 3.8) is 0 Å². The van der Waals surface area contributed by atoms with E-state index in [1.807, 2.05) is 18.2 Å². The lowest BCUT2D eigenvalue weighted by Crippen LogP contribution is -2.38. The molecule has 3 nitrogen and oxygen atoms in total. The second-order valence-electron chi connectivity index (χ2n) is 5.27. The monoisotopic (exact) mass is 264 g/mol. The van der Waals surface area contributed by atoms with E-state index >= 15 is 0 Å². The highest BCUT2D eigenvalue weighted by molar-refractivity contribution is 6.30. The first-order chi connectivity index (χ1) is 8.47. The smallest absolute Gasteiger partial charge is 0.142 e. The Morgan fingerprint density at radius 1 is 1.50 bits per heavy atom. The van der Waals surface area contributed by atoms with Crippen LogP contribution >= 0.6 is 11.6 Å². The molecule has 0 aliphatic carbocycles. The second kappa shape index (κ2) is 4.70. The largest absolute Gasteiger partial charge is 0.495 e. The molecule has 0 saturated carbocycles. The summed E-state index contributed by atoms with van der Waals surface area (Å²) in [7, 11) is 1.65. The Morgan fingerprint density at radius 3 is 2.78 bits per heavy atom. The molecular weight excluding hydrogens is 248 g/mol. The highest BCUT2D eigenvalue weighted by Crippen LogP contribution is 2.41. The van der Waals surface area contributed by atoms with Crippen molar-refractivity contribution in [2.75, 3.05) is 18.6 Å². The summed E-state index contributed by atoms with van der Waals surface area (Å²) in [6.07, 6.45) is 0.860. The van der Waals surface area contributed by atoms with Crippen molar-refractivity contribution in [2.45, 2.75) is 25.8 Å². The first-order valence-corrected chi connectivity index (χ1v) is 6.36. The van der Waals surface area contributed by atoms with E-state index in [0.29, 0.717) is 5.02 Å². The first kappa shape index (κ1) is 13.0. The highest BCUT2D eigenvalue weighted by Gasteiger charge is 2.39. The fourth-order valence-corrected chi connectivity index (χ4v) is 2.80. The summed E-state index contributed by atoms with van der Waals surface area (Å²) in [4.78, 5) is 2.21. The van der Waals surface area contributed by atoms with Gasteiger partial charge in [-0.1, -0.05) is 11.6 Å². The van der Waals surface area contributed by atoms with Crippen molar-refractivity contribution in [3.05, 3.63) is 23.2 Å². The quantitative estimate of drug-likeness (QED) is 0.821. The molecule has 1 unspecified atom stereocenters. The molecule has 0 N–H and O–H groups in total. The van der Waals surface area contributed by atoms with Crippen LogP contribution in [0.4, 0.5) is 5.69 Å². The molecule has 0 aromatic heterocycles. The number of hydrogen-bond acceptors (Lipinski definition) is 3. The molecule has 0 spiro atoms. The lowest BCUT2D eigenvalue weighted by molar-refractivity contribution is 0.410. The van der Waals surface area contributed by atoms with E-state index in [9.17, 15) is 0 Å². The van der Waals surface area contributed by atoms with Gasteiger partial charge in [-0.25, -0.2) is 0 Å². The van der Waals surface area contributed by atoms with Gasteiger partial charge in [-0.3, -0.25) is 0 Å². The predicted octanol–water partition coefficient (Wildman–Crippen LogP) is 3.48. The maximum absolute atomic E-state index is 9.11. The van der Waals surface area contributed by atoms with Gasteiger partial charge in [0.25, 0.3) is 0 Å². The fourth-order valence-electron chi connectivity index (χ4n) is 2.63. The van der Waals surface area contributed by atoms with Crippen LogP contribution in [0.2, 0.25) is 5.02 Å². The van der Waals surface area contributed by atoms with Crippen molar-refractivity contribution < 1.29 is 4.74 Å². The molecule has 1 fully saturated rings. The molecule has 2 rings (SSSR count). The molecule has 1 aromatic carbocycles. The van der Waals surface area contributed by atoms with Gasteiger partial charge >= 0.3 is 0 Å². The van der Waals surface area contributed by atoms with Crippen molar-refractivity contribution in [1.29, 1.82) is 5.26 Å². The van der Waals surface area contributed by atoms with Crippen LogP contribution in [-0.2, 0) is 0 Å². The van der Waals surface area contributed by atoms with E-state index in [4.69, 9.17) is 21.6 Å². The number of benzene rings is 1. The van der Waals surface area contributed by atoms with Gasteiger partial charge in [-0.2, -0.15) is 5.26 Å². The number of methoxy groups -OCH3 is 1. The molecule has 18 heavy (non-hydrogen) atoms. The summed E-state index contributed by atoms with van der Waals surface area (Å²) in [5, 5.41) is 9.79. The molecule has 4 heteroatoms. The molecule has 1 atom stereocenters. The fraction of sp³-hybridized carbons (Fsp3) is 0.500. The van der Waals surface area contributed by atoms with Gasteiger partial charge in [0.05, 0.1) is 24.8 Å². The Labute approximate surface area is 113 Å². The van der Waals surface area contributed by atoms with Gasteiger partial charge in [-0.05, 0) is 38.5 Å². The van der Waals surface area contributed by atoms with Gasteiger partial charge in [-0.15, -0.1) is 0 Å². The minimum Gasteiger partial charge on any atom is -0.495 e. The Bertz CT molecular complexity index is 493. The van der Waals surface area contributed by atoms with Crippen molar-refractivity contribution in [3.8, 4) is 11.8 Å². The molecule has 96 valence electrons. The van der Waals surface area contributed by atoms with Gasteiger partial charge in [0.2, 0.25) is 0 Å². The van der Waals surface area contributed by atoms with Gasteiger partial charge in [0.15, 0.2) is 0 Å². The molecule has 1 aromatic rings. The van der Waals surface area contributed by atoms with Crippen LogP contribution in [0.15, 0.2) is 18.2 Å². The van der Waals surface area contributed by atoms with Gasteiger partial charge < -0.3 is 9.64 Å². The Kier molecular flexibility index (Phi) is 3.41. The summed E-state index contributed by atoms with van der Waals surface area (Å²) in [5.41, 5.74) is 0.908. The average Bonchev–Trinajstić information content (AvgIpc) is 2.64. The van der Waals surface area contributed by atoms with Crippen LogP contribution in [0, 0.1) is 17.2 Å². The van der Waals surface area contributed by atoms with E-state index in [1.165, 1.54) is 0 Å². The highest BCUT2D eigenvalue weighted by atomic mass is 35.5. The van der Waals surface area contributed by atoms with E-state index < -0.39 is 0 Å². The second-order valence-corrected chi connectivity index (χ2v) is 5.71. The number of halogens is 1. The average molecular weight is 265 g/mol. The number of rotatable bonds is 2. The Hall–Kier alpha value is -1.40. The number of hydrogen-bond donors (Lipinski definition) is 0.